The standard InChI is InChI=1S/C14H26N2O2.ClH/c1-2-13(17)15-12-14(6-4-3-5-7-14)16-8-10-18-11-9-16;/h2-12H2,1H3,(H,15,17);1H. The Balaban J connectivity index is 0.00000180. The average molecular weight is 291 g/mol. The number of nitrogens with one attached hydrogen (secondary N) is 1. The van der Waals surface area contributed by atoms with Crippen LogP contribution in [0.25, 0.3) is 0 Å². The van der Waals surface area contributed by atoms with Crippen molar-refractivity contribution in [2.75, 3.05) is 32.8 Å². The van der Waals surface area contributed by atoms with Crippen molar-refractivity contribution in [3.05, 3.63) is 0 Å². The van der Waals surface area contributed by atoms with Crippen molar-refractivity contribution in [2.24, 2.45) is 0 Å². The number of rotatable bonds is 4. The minimum absolute atomic E-state index is 0. The van der Waals surface area contributed by atoms with E-state index in [1.807, 2.05) is 6.92 Å². The number of morpholine rings is 1. The summed E-state index contributed by atoms with van der Waals surface area (Å²) >= 11 is 0. The highest BCUT2D eigenvalue weighted by Gasteiger charge is 2.38. The summed E-state index contributed by atoms with van der Waals surface area (Å²) in [4.78, 5) is 14.1. The van der Waals surface area contributed by atoms with Crippen LogP contribution in [0.1, 0.15) is 45.4 Å². The summed E-state index contributed by atoms with van der Waals surface area (Å²) in [7, 11) is 0. The summed E-state index contributed by atoms with van der Waals surface area (Å²) in [5, 5.41) is 3.12. The Kier molecular flexibility index (Phi) is 7.11. The Morgan fingerprint density at radius 1 is 1.21 bits per heavy atom. The van der Waals surface area contributed by atoms with Crippen LogP contribution in [0.2, 0.25) is 0 Å². The first kappa shape index (κ1) is 16.7. The Bertz CT molecular complexity index is 275. The van der Waals surface area contributed by atoms with Gasteiger partial charge in [-0.25, -0.2) is 0 Å². The Morgan fingerprint density at radius 2 is 1.84 bits per heavy atom. The quantitative estimate of drug-likeness (QED) is 0.861. The molecule has 0 aromatic carbocycles. The van der Waals surface area contributed by atoms with Gasteiger partial charge < -0.3 is 10.1 Å². The van der Waals surface area contributed by atoms with Crippen molar-refractivity contribution in [3.8, 4) is 0 Å². The molecule has 0 atom stereocenters. The van der Waals surface area contributed by atoms with Crippen LogP contribution in [0.15, 0.2) is 0 Å². The van der Waals surface area contributed by atoms with Gasteiger partial charge in [0.1, 0.15) is 0 Å². The fourth-order valence-corrected chi connectivity index (χ4v) is 3.24. The van der Waals surface area contributed by atoms with Crippen LogP contribution in [0.5, 0.6) is 0 Å². The number of nitrogens with zero attached hydrogens (tertiary/aromatic N) is 1. The maximum atomic E-state index is 11.5. The SMILES string of the molecule is CCC(=O)NCC1(N2CCOCC2)CCCCC1.Cl. The largest absolute Gasteiger partial charge is 0.379 e. The highest BCUT2D eigenvalue weighted by Crippen LogP contribution is 2.33. The zero-order valence-corrected chi connectivity index (χ0v) is 12.8. The van der Waals surface area contributed by atoms with Gasteiger partial charge in [0, 0.05) is 31.6 Å². The number of hydrogen-bond acceptors (Lipinski definition) is 3. The molecule has 1 saturated heterocycles. The fraction of sp³-hybridized carbons (Fsp3) is 0.929. The summed E-state index contributed by atoms with van der Waals surface area (Å²) in [5.41, 5.74) is 0.201. The molecule has 0 bridgehead atoms. The third-order valence-corrected chi connectivity index (χ3v) is 4.40. The second-order valence-electron chi connectivity index (χ2n) is 5.51. The molecule has 1 aliphatic heterocycles. The van der Waals surface area contributed by atoms with Gasteiger partial charge in [-0.2, -0.15) is 0 Å². The zero-order valence-electron chi connectivity index (χ0n) is 12.0. The topological polar surface area (TPSA) is 41.6 Å². The van der Waals surface area contributed by atoms with Crippen LogP contribution in [0.4, 0.5) is 0 Å². The molecule has 1 heterocycles. The summed E-state index contributed by atoms with van der Waals surface area (Å²) < 4.78 is 5.45. The fourth-order valence-electron chi connectivity index (χ4n) is 3.24. The van der Waals surface area contributed by atoms with Gasteiger partial charge in [0.15, 0.2) is 0 Å². The monoisotopic (exact) mass is 290 g/mol. The van der Waals surface area contributed by atoms with E-state index in [1.165, 1.54) is 32.1 Å². The minimum Gasteiger partial charge on any atom is -0.379 e. The van der Waals surface area contributed by atoms with Crippen LogP contribution in [-0.4, -0.2) is 49.2 Å². The number of carbonyl (C=O) groups is 1. The van der Waals surface area contributed by atoms with E-state index < -0.39 is 0 Å². The van der Waals surface area contributed by atoms with Crippen molar-refractivity contribution >= 4 is 18.3 Å². The molecular weight excluding hydrogens is 264 g/mol. The molecule has 4 nitrogen and oxygen atoms in total. The maximum Gasteiger partial charge on any atom is 0.219 e. The molecule has 19 heavy (non-hydrogen) atoms. The molecule has 0 radical (unpaired) electrons. The van der Waals surface area contributed by atoms with Crippen molar-refractivity contribution in [2.45, 2.75) is 51.0 Å². The Morgan fingerprint density at radius 3 is 2.42 bits per heavy atom. The molecule has 0 unspecified atom stereocenters. The van der Waals surface area contributed by atoms with Crippen LogP contribution in [0, 0.1) is 0 Å². The van der Waals surface area contributed by atoms with Gasteiger partial charge in [-0.15, -0.1) is 12.4 Å². The predicted octanol–water partition coefficient (Wildman–Crippen LogP) is 1.97. The summed E-state index contributed by atoms with van der Waals surface area (Å²) in [5.74, 6) is 0.174. The van der Waals surface area contributed by atoms with E-state index in [9.17, 15) is 4.79 Å². The molecule has 2 rings (SSSR count). The number of ether oxygens (including phenoxy) is 1. The van der Waals surface area contributed by atoms with E-state index in [1.54, 1.807) is 0 Å². The van der Waals surface area contributed by atoms with E-state index >= 15 is 0 Å². The second-order valence-corrected chi connectivity index (χ2v) is 5.51. The molecule has 0 aromatic rings. The Hall–Kier alpha value is -0.320. The van der Waals surface area contributed by atoms with Crippen molar-refractivity contribution in [3.63, 3.8) is 0 Å². The summed E-state index contributed by atoms with van der Waals surface area (Å²) in [6, 6.07) is 0. The van der Waals surface area contributed by atoms with Gasteiger partial charge in [-0.3, -0.25) is 9.69 Å². The second kappa shape index (κ2) is 8.08. The van der Waals surface area contributed by atoms with Gasteiger partial charge >= 0.3 is 0 Å². The number of amides is 1. The smallest absolute Gasteiger partial charge is 0.219 e. The molecule has 1 saturated carbocycles. The van der Waals surface area contributed by atoms with E-state index in [4.69, 9.17) is 4.74 Å². The van der Waals surface area contributed by atoms with Gasteiger partial charge in [0.05, 0.1) is 13.2 Å². The molecule has 1 N–H and O–H groups in total. The lowest BCUT2D eigenvalue weighted by molar-refractivity contribution is -0.122. The molecule has 2 aliphatic rings. The predicted molar refractivity (Wildman–Crippen MR) is 78.8 cm³/mol. The third kappa shape index (κ3) is 4.33. The summed E-state index contributed by atoms with van der Waals surface area (Å²) in [6.07, 6.45) is 6.94. The van der Waals surface area contributed by atoms with Crippen molar-refractivity contribution < 1.29 is 9.53 Å². The van der Waals surface area contributed by atoms with E-state index in [-0.39, 0.29) is 23.9 Å². The maximum absolute atomic E-state index is 11.5. The third-order valence-electron chi connectivity index (χ3n) is 4.40. The highest BCUT2D eigenvalue weighted by atomic mass is 35.5. The molecule has 5 heteroatoms. The van der Waals surface area contributed by atoms with E-state index in [2.05, 4.69) is 10.2 Å². The van der Waals surface area contributed by atoms with Gasteiger partial charge in [0.25, 0.3) is 0 Å². The first-order valence-electron chi connectivity index (χ1n) is 7.36. The van der Waals surface area contributed by atoms with Gasteiger partial charge in [-0.1, -0.05) is 26.2 Å². The van der Waals surface area contributed by atoms with Crippen LogP contribution in [0.3, 0.4) is 0 Å². The average Bonchev–Trinajstić information content (AvgIpc) is 2.46. The molecule has 0 aromatic heterocycles. The number of hydrogen-bond donors (Lipinski definition) is 1. The van der Waals surface area contributed by atoms with Crippen LogP contribution < -0.4 is 5.32 Å². The molecule has 112 valence electrons. The van der Waals surface area contributed by atoms with Crippen LogP contribution >= 0.6 is 12.4 Å². The first-order valence-corrected chi connectivity index (χ1v) is 7.36. The van der Waals surface area contributed by atoms with Crippen molar-refractivity contribution in [1.29, 1.82) is 0 Å². The lowest BCUT2D eigenvalue weighted by atomic mass is 9.79. The lowest BCUT2D eigenvalue weighted by Gasteiger charge is -2.48. The lowest BCUT2D eigenvalue weighted by Crippen LogP contribution is -2.59. The molecule has 1 amide bonds. The molecule has 2 fully saturated rings. The first-order chi connectivity index (χ1) is 8.77. The zero-order chi connectivity index (χ0) is 12.8. The Labute approximate surface area is 122 Å². The molecule has 0 spiro atoms. The van der Waals surface area contributed by atoms with Crippen molar-refractivity contribution in [1.82, 2.24) is 10.2 Å². The highest BCUT2D eigenvalue weighted by molar-refractivity contribution is 5.85. The normalized spacial score (nSPS) is 23.4. The van der Waals surface area contributed by atoms with E-state index in [0.29, 0.717) is 6.42 Å². The molecular formula is C14H27ClN2O2. The summed E-state index contributed by atoms with van der Waals surface area (Å²) in [6.45, 7) is 6.44. The minimum atomic E-state index is 0. The molecule has 1 aliphatic carbocycles. The number of halogens is 1. The van der Waals surface area contributed by atoms with E-state index in [0.717, 1.165) is 32.8 Å². The van der Waals surface area contributed by atoms with Crippen LogP contribution in [-0.2, 0) is 9.53 Å². The number of carbonyl (C=O) groups excluding carboxylic acids is 1. The van der Waals surface area contributed by atoms with Gasteiger partial charge in [0.2, 0.25) is 5.91 Å². The van der Waals surface area contributed by atoms with Gasteiger partial charge in [-0.05, 0) is 12.8 Å².